The number of nitrogens with zero attached hydrogens (tertiary/aromatic N) is 2. The Morgan fingerprint density at radius 3 is 2.63 bits per heavy atom. The minimum absolute atomic E-state index is 0.271. The largest absolute Gasteiger partial charge is 0.493 e. The van der Waals surface area contributed by atoms with Crippen LogP contribution in [-0.4, -0.2) is 30.3 Å². The number of carbonyl (C=O) groups excluding carboxylic acids is 1. The van der Waals surface area contributed by atoms with E-state index in [1.54, 1.807) is 45.5 Å². The number of rotatable bonds is 7. The first kappa shape index (κ1) is 18.2. The van der Waals surface area contributed by atoms with Crippen LogP contribution in [0.5, 0.6) is 11.5 Å². The molecule has 3 rings (SSSR count). The molecule has 27 heavy (non-hydrogen) atoms. The lowest BCUT2D eigenvalue weighted by Gasteiger charge is -2.11. The molecule has 3 aromatic rings. The summed E-state index contributed by atoms with van der Waals surface area (Å²) < 4.78 is 15.5. The van der Waals surface area contributed by atoms with E-state index in [0.717, 1.165) is 11.3 Å². The van der Waals surface area contributed by atoms with Crippen molar-refractivity contribution >= 4 is 17.4 Å². The molecule has 8 nitrogen and oxygen atoms in total. The van der Waals surface area contributed by atoms with Crippen LogP contribution in [0.3, 0.4) is 0 Å². The van der Waals surface area contributed by atoms with Crippen molar-refractivity contribution in [3.05, 3.63) is 59.6 Å². The summed E-state index contributed by atoms with van der Waals surface area (Å²) in [5.74, 6) is 1.94. The number of methoxy groups -OCH3 is 2. The average molecular weight is 368 g/mol. The van der Waals surface area contributed by atoms with E-state index < -0.39 is 0 Å². The number of anilines is 2. The van der Waals surface area contributed by atoms with Crippen LogP contribution in [0.4, 0.5) is 11.5 Å². The van der Waals surface area contributed by atoms with Crippen LogP contribution in [0, 0.1) is 6.92 Å². The Bertz CT molecular complexity index is 939. The third-order valence-corrected chi connectivity index (χ3v) is 3.81. The lowest BCUT2D eigenvalue weighted by Crippen LogP contribution is -2.14. The van der Waals surface area contributed by atoms with Gasteiger partial charge >= 0.3 is 0 Å². The number of benzene rings is 1. The zero-order valence-corrected chi connectivity index (χ0v) is 15.3. The smallest absolute Gasteiger partial charge is 0.275 e. The fraction of sp³-hybridized carbons (Fsp3) is 0.211. The number of aromatic nitrogens is 2. The molecular formula is C19H20N4O4. The van der Waals surface area contributed by atoms with E-state index in [9.17, 15) is 4.79 Å². The lowest BCUT2D eigenvalue weighted by molar-refractivity contribution is 0.102. The molecule has 1 amide bonds. The maximum Gasteiger partial charge on any atom is 0.275 e. The highest BCUT2D eigenvalue weighted by Crippen LogP contribution is 2.27. The number of hydrogen-bond donors (Lipinski definition) is 2. The van der Waals surface area contributed by atoms with E-state index in [1.165, 1.54) is 0 Å². The summed E-state index contributed by atoms with van der Waals surface area (Å²) in [6.45, 7) is 2.30. The van der Waals surface area contributed by atoms with Crippen LogP contribution in [0.2, 0.25) is 0 Å². The van der Waals surface area contributed by atoms with Crippen LogP contribution in [-0.2, 0) is 6.54 Å². The molecule has 0 aliphatic carbocycles. The van der Waals surface area contributed by atoms with Gasteiger partial charge in [-0.25, -0.2) is 0 Å². The van der Waals surface area contributed by atoms with Gasteiger partial charge in [-0.2, -0.15) is 0 Å². The molecule has 2 N–H and O–H groups in total. The second-order valence-corrected chi connectivity index (χ2v) is 5.75. The number of ether oxygens (including phenoxy) is 2. The summed E-state index contributed by atoms with van der Waals surface area (Å²) in [6, 6.07) is 10.8. The molecule has 0 aliphatic heterocycles. The Kier molecular flexibility index (Phi) is 5.55. The van der Waals surface area contributed by atoms with Crippen LogP contribution < -0.4 is 20.1 Å². The van der Waals surface area contributed by atoms with Gasteiger partial charge in [0.2, 0.25) is 0 Å². The van der Waals surface area contributed by atoms with Crippen molar-refractivity contribution in [3.8, 4) is 11.5 Å². The SMILES string of the molecule is COc1ccc(CNc2ccnc(C(=O)Nc3cc(C)on3)c2)cc1OC. The molecule has 2 aromatic heterocycles. The normalized spacial score (nSPS) is 10.3. The van der Waals surface area contributed by atoms with Crippen molar-refractivity contribution in [3.63, 3.8) is 0 Å². The van der Waals surface area contributed by atoms with Gasteiger partial charge in [-0.15, -0.1) is 0 Å². The second-order valence-electron chi connectivity index (χ2n) is 5.75. The number of hydrogen-bond acceptors (Lipinski definition) is 7. The molecule has 1 aromatic carbocycles. The Labute approximate surface area is 156 Å². The van der Waals surface area contributed by atoms with Gasteiger partial charge in [0.05, 0.1) is 14.2 Å². The molecule has 0 bridgehead atoms. The first-order valence-corrected chi connectivity index (χ1v) is 8.24. The van der Waals surface area contributed by atoms with Gasteiger partial charge < -0.3 is 24.6 Å². The summed E-state index contributed by atoms with van der Waals surface area (Å²) in [4.78, 5) is 16.4. The van der Waals surface area contributed by atoms with E-state index in [0.29, 0.717) is 29.6 Å². The first-order chi connectivity index (χ1) is 13.1. The number of aryl methyl sites for hydroxylation is 1. The molecule has 0 saturated heterocycles. The average Bonchev–Trinajstić information content (AvgIpc) is 3.10. The van der Waals surface area contributed by atoms with Crippen molar-refractivity contribution in [2.45, 2.75) is 13.5 Å². The quantitative estimate of drug-likeness (QED) is 0.660. The molecule has 0 spiro atoms. The Balaban J connectivity index is 1.66. The van der Waals surface area contributed by atoms with Gasteiger partial charge in [0.15, 0.2) is 17.3 Å². The predicted molar refractivity (Wildman–Crippen MR) is 100 cm³/mol. The predicted octanol–water partition coefficient (Wildman–Crippen LogP) is 3.26. The maximum absolute atomic E-state index is 12.3. The third kappa shape index (κ3) is 4.55. The highest BCUT2D eigenvalue weighted by molar-refractivity contribution is 6.02. The van der Waals surface area contributed by atoms with Crippen molar-refractivity contribution < 1.29 is 18.8 Å². The molecule has 0 aliphatic rings. The van der Waals surface area contributed by atoms with Gasteiger partial charge in [0.1, 0.15) is 11.5 Å². The fourth-order valence-corrected chi connectivity index (χ4v) is 2.47. The number of carbonyl (C=O) groups is 1. The highest BCUT2D eigenvalue weighted by Gasteiger charge is 2.11. The molecule has 140 valence electrons. The van der Waals surface area contributed by atoms with Crippen LogP contribution >= 0.6 is 0 Å². The summed E-state index contributed by atoms with van der Waals surface area (Å²) in [5.41, 5.74) is 2.04. The summed E-state index contributed by atoms with van der Waals surface area (Å²) >= 11 is 0. The Hall–Kier alpha value is -3.55. The lowest BCUT2D eigenvalue weighted by atomic mass is 10.2. The van der Waals surface area contributed by atoms with Crippen molar-refractivity contribution in [1.82, 2.24) is 10.1 Å². The number of pyridine rings is 1. The molecule has 0 fully saturated rings. The molecule has 0 unspecified atom stereocenters. The summed E-state index contributed by atoms with van der Waals surface area (Å²) in [6.07, 6.45) is 1.57. The molecule has 0 radical (unpaired) electrons. The zero-order chi connectivity index (χ0) is 19.2. The van der Waals surface area contributed by atoms with Crippen LogP contribution in [0.15, 0.2) is 47.1 Å². The minimum atomic E-state index is -0.363. The van der Waals surface area contributed by atoms with Gasteiger partial charge in [-0.05, 0) is 36.8 Å². The van der Waals surface area contributed by atoms with E-state index in [2.05, 4.69) is 20.8 Å². The fourth-order valence-electron chi connectivity index (χ4n) is 2.47. The summed E-state index contributed by atoms with van der Waals surface area (Å²) in [7, 11) is 3.19. The Morgan fingerprint density at radius 2 is 1.93 bits per heavy atom. The number of amides is 1. The Morgan fingerprint density at radius 1 is 1.11 bits per heavy atom. The first-order valence-electron chi connectivity index (χ1n) is 8.24. The van der Waals surface area contributed by atoms with Crippen molar-refractivity contribution in [2.24, 2.45) is 0 Å². The highest BCUT2D eigenvalue weighted by atomic mass is 16.5. The van der Waals surface area contributed by atoms with Gasteiger partial charge in [-0.1, -0.05) is 11.2 Å². The van der Waals surface area contributed by atoms with Crippen LogP contribution in [0.1, 0.15) is 21.8 Å². The van der Waals surface area contributed by atoms with Crippen LogP contribution in [0.25, 0.3) is 0 Å². The van der Waals surface area contributed by atoms with Gasteiger partial charge in [0.25, 0.3) is 5.91 Å². The molecular weight excluding hydrogens is 348 g/mol. The zero-order valence-electron chi connectivity index (χ0n) is 15.3. The minimum Gasteiger partial charge on any atom is -0.493 e. The van der Waals surface area contributed by atoms with Crippen molar-refractivity contribution in [1.29, 1.82) is 0 Å². The van der Waals surface area contributed by atoms with E-state index >= 15 is 0 Å². The molecule has 2 heterocycles. The maximum atomic E-state index is 12.3. The van der Waals surface area contributed by atoms with E-state index in [-0.39, 0.29) is 11.6 Å². The monoisotopic (exact) mass is 368 g/mol. The topological polar surface area (TPSA) is 98.5 Å². The third-order valence-electron chi connectivity index (χ3n) is 3.81. The standard InChI is InChI=1S/C19H20N4O4/c1-12-8-18(23-27-12)22-19(24)15-10-14(6-7-20-15)21-11-13-4-5-16(25-2)17(9-13)26-3/h4-10H,11H2,1-3H3,(H,20,21)(H,22,23,24). The van der Waals surface area contributed by atoms with E-state index in [4.69, 9.17) is 14.0 Å². The molecule has 0 atom stereocenters. The van der Waals surface area contributed by atoms with Gasteiger partial charge in [-0.3, -0.25) is 9.78 Å². The van der Waals surface area contributed by atoms with Crippen molar-refractivity contribution in [2.75, 3.05) is 24.9 Å². The molecule has 0 saturated carbocycles. The number of nitrogens with one attached hydrogen (secondary N) is 2. The summed E-state index contributed by atoms with van der Waals surface area (Å²) in [5, 5.41) is 9.64. The van der Waals surface area contributed by atoms with E-state index in [1.807, 2.05) is 18.2 Å². The molecule has 8 heteroatoms. The van der Waals surface area contributed by atoms with Gasteiger partial charge in [0, 0.05) is 24.5 Å². The second kappa shape index (κ2) is 8.22.